The Morgan fingerprint density at radius 2 is 2.37 bits per heavy atom. The minimum Gasteiger partial charge on any atom is -0.385 e. The molecule has 2 heterocycles. The third-order valence-electron chi connectivity index (χ3n) is 3.41. The number of benzene rings is 1. The van der Waals surface area contributed by atoms with Gasteiger partial charge in [-0.2, -0.15) is 4.98 Å². The van der Waals surface area contributed by atoms with Crippen molar-refractivity contribution in [3.63, 3.8) is 0 Å². The topological polar surface area (TPSA) is 63.0 Å². The van der Waals surface area contributed by atoms with Crippen molar-refractivity contribution < 1.29 is 4.52 Å². The van der Waals surface area contributed by atoms with Crippen LogP contribution in [-0.4, -0.2) is 23.2 Å². The van der Waals surface area contributed by atoms with Gasteiger partial charge in [0.2, 0.25) is 6.39 Å². The summed E-state index contributed by atoms with van der Waals surface area (Å²) in [6.07, 6.45) is 4.56. The molecule has 0 amide bonds. The van der Waals surface area contributed by atoms with Crippen molar-refractivity contribution in [1.29, 1.82) is 0 Å². The van der Waals surface area contributed by atoms with Gasteiger partial charge in [0.15, 0.2) is 5.82 Å². The van der Waals surface area contributed by atoms with E-state index in [0.29, 0.717) is 0 Å². The fourth-order valence-electron chi connectivity index (χ4n) is 2.45. The van der Waals surface area contributed by atoms with E-state index in [1.807, 2.05) is 0 Å². The van der Waals surface area contributed by atoms with Crippen molar-refractivity contribution in [2.75, 3.05) is 18.4 Å². The van der Waals surface area contributed by atoms with E-state index in [2.05, 4.69) is 39.0 Å². The maximum atomic E-state index is 4.71. The first-order chi connectivity index (χ1) is 9.43. The van der Waals surface area contributed by atoms with Gasteiger partial charge >= 0.3 is 0 Å². The zero-order valence-corrected chi connectivity index (χ0v) is 10.9. The van der Waals surface area contributed by atoms with E-state index in [-0.39, 0.29) is 0 Å². The summed E-state index contributed by atoms with van der Waals surface area (Å²) >= 11 is 0. The van der Waals surface area contributed by atoms with E-state index in [4.69, 9.17) is 4.52 Å². The summed E-state index contributed by atoms with van der Waals surface area (Å²) < 4.78 is 4.71. The standard InChI is InChI=1S/C14H18N4O/c1-3-11-5-2-7-16-14(11)12(4-1)9-15-8-6-13-17-10-19-18-13/h1,3-4,10,15-16H,2,5-9H2. The molecule has 1 aromatic heterocycles. The van der Waals surface area contributed by atoms with Gasteiger partial charge in [0, 0.05) is 31.7 Å². The molecule has 1 aliphatic rings. The lowest BCUT2D eigenvalue weighted by Gasteiger charge is -2.21. The highest BCUT2D eigenvalue weighted by Gasteiger charge is 2.11. The van der Waals surface area contributed by atoms with Crippen LogP contribution in [0.25, 0.3) is 0 Å². The average Bonchev–Trinajstić information content (AvgIpc) is 2.97. The molecule has 0 aliphatic carbocycles. The minimum absolute atomic E-state index is 0.751. The van der Waals surface area contributed by atoms with E-state index in [0.717, 1.165) is 31.9 Å². The maximum absolute atomic E-state index is 4.71. The zero-order valence-electron chi connectivity index (χ0n) is 10.9. The van der Waals surface area contributed by atoms with E-state index in [1.54, 1.807) is 0 Å². The van der Waals surface area contributed by atoms with Crippen molar-refractivity contribution in [3.05, 3.63) is 41.5 Å². The number of aromatic nitrogens is 2. The Balaban J connectivity index is 1.55. The van der Waals surface area contributed by atoms with Gasteiger partial charge in [-0.15, -0.1) is 0 Å². The second-order valence-electron chi connectivity index (χ2n) is 4.76. The third-order valence-corrected chi connectivity index (χ3v) is 3.41. The monoisotopic (exact) mass is 258 g/mol. The summed E-state index contributed by atoms with van der Waals surface area (Å²) in [5.74, 6) is 0.751. The predicted octanol–water partition coefficient (Wildman–Crippen LogP) is 1.76. The second kappa shape index (κ2) is 5.84. The van der Waals surface area contributed by atoms with Crippen molar-refractivity contribution in [3.8, 4) is 0 Å². The third kappa shape index (κ3) is 2.93. The first-order valence-electron chi connectivity index (χ1n) is 6.74. The first-order valence-corrected chi connectivity index (χ1v) is 6.74. The Labute approximate surface area is 112 Å². The van der Waals surface area contributed by atoms with Crippen LogP contribution < -0.4 is 10.6 Å². The van der Waals surface area contributed by atoms with Gasteiger partial charge in [0.05, 0.1) is 0 Å². The number of para-hydroxylation sites is 1. The lowest BCUT2D eigenvalue weighted by atomic mass is 9.99. The van der Waals surface area contributed by atoms with Crippen molar-refractivity contribution >= 4 is 5.69 Å². The highest BCUT2D eigenvalue weighted by molar-refractivity contribution is 5.59. The van der Waals surface area contributed by atoms with E-state index in [9.17, 15) is 0 Å². The van der Waals surface area contributed by atoms with Crippen molar-refractivity contribution in [2.45, 2.75) is 25.8 Å². The molecule has 5 heteroatoms. The van der Waals surface area contributed by atoms with Crippen LogP contribution in [0.1, 0.15) is 23.4 Å². The molecule has 1 aliphatic heterocycles. The van der Waals surface area contributed by atoms with E-state index >= 15 is 0 Å². The molecule has 19 heavy (non-hydrogen) atoms. The smallest absolute Gasteiger partial charge is 0.213 e. The number of hydrogen-bond donors (Lipinski definition) is 2. The van der Waals surface area contributed by atoms with E-state index in [1.165, 1.54) is 36.0 Å². The Morgan fingerprint density at radius 1 is 1.37 bits per heavy atom. The molecule has 0 spiro atoms. The summed E-state index contributed by atoms with van der Waals surface area (Å²) in [6, 6.07) is 6.53. The normalized spacial score (nSPS) is 13.9. The van der Waals surface area contributed by atoms with Gasteiger partial charge in [-0.1, -0.05) is 23.4 Å². The lowest BCUT2D eigenvalue weighted by molar-refractivity contribution is 0.409. The predicted molar refractivity (Wildman–Crippen MR) is 73.0 cm³/mol. The average molecular weight is 258 g/mol. The van der Waals surface area contributed by atoms with Gasteiger partial charge in [-0.05, 0) is 24.0 Å². The number of fused-ring (bicyclic) bond motifs is 1. The molecule has 0 saturated carbocycles. The highest BCUT2D eigenvalue weighted by atomic mass is 16.5. The van der Waals surface area contributed by atoms with Gasteiger partial charge in [-0.25, -0.2) is 0 Å². The fourth-order valence-corrected chi connectivity index (χ4v) is 2.45. The van der Waals surface area contributed by atoms with Crippen LogP contribution in [-0.2, 0) is 19.4 Å². The Kier molecular flexibility index (Phi) is 3.74. The molecule has 1 aromatic carbocycles. The number of nitrogens with one attached hydrogen (secondary N) is 2. The summed E-state index contributed by atoms with van der Waals surface area (Å²) in [5.41, 5.74) is 4.09. The summed E-state index contributed by atoms with van der Waals surface area (Å²) in [7, 11) is 0. The molecular weight excluding hydrogens is 240 g/mol. The van der Waals surface area contributed by atoms with Crippen LogP contribution in [0, 0.1) is 0 Å². The largest absolute Gasteiger partial charge is 0.385 e. The number of nitrogens with zero attached hydrogens (tertiary/aromatic N) is 2. The number of rotatable bonds is 5. The molecule has 5 nitrogen and oxygen atoms in total. The molecule has 2 aromatic rings. The molecule has 0 saturated heterocycles. The second-order valence-corrected chi connectivity index (χ2v) is 4.76. The van der Waals surface area contributed by atoms with Crippen LogP contribution in [0.5, 0.6) is 0 Å². The summed E-state index contributed by atoms with van der Waals surface area (Å²) in [4.78, 5) is 4.00. The molecule has 0 unspecified atom stereocenters. The molecular formula is C14H18N4O. The number of hydrogen-bond acceptors (Lipinski definition) is 5. The summed E-state index contributed by atoms with van der Waals surface area (Å²) in [5, 5.41) is 10.7. The van der Waals surface area contributed by atoms with Gasteiger partial charge in [0.25, 0.3) is 0 Å². The quantitative estimate of drug-likeness (QED) is 0.800. The first kappa shape index (κ1) is 12.2. The van der Waals surface area contributed by atoms with Crippen molar-refractivity contribution in [1.82, 2.24) is 15.5 Å². The highest BCUT2D eigenvalue weighted by Crippen LogP contribution is 2.25. The zero-order chi connectivity index (χ0) is 12.9. The van der Waals surface area contributed by atoms with Crippen LogP contribution in [0.3, 0.4) is 0 Å². The SMILES string of the molecule is c1cc2c(c(CNCCc3ncon3)c1)NCCC2. The van der Waals surface area contributed by atoms with Crippen molar-refractivity contribution in [2.24, 2.45) is 0 Å². The van der Waals surface area contributed by atoms with Crippen LogP contribution >= 0.6 is 0 Å². The Bertz CT molecular complexity index is 524. The molecule has 0 fully saturated rings. The number of aryl methyl sites for hydroxylation is 1. The van der Waals surface area contributed by atoms with Crippen LogP contribution in [0.2, 0.25) is 0 Å². The van der Waals surface area contributed by atoms with E-state index < -0.39 is 0 Å². The maximum Gasteiger partial charge on any atom is 0.213 e. The molecule has 2 N–H and O–H groups in total. The van der Waals surface area contributed by atoms with Gasteiger partial charge in [0.1, 0.15) is 0 Å². The van der Waals surface area contributed by atoms with Gasteiger partial charge < -0.3 is 15.2 Å². The Morgan fingerprint density at radius 3 is 3.26 bits per heavy atom. The Hall–Kier alpha value is -1.88. The minimum atomic E-state index is 0.751. The van der Waals surface area contributed by atoms with Gasteiger partial charge in [-0.3, -0.25) is 0 Å². The fraction of sp³-hybridized carbons (Fsp3) is 0.429. The van der Waals surface area contributed by atoms with Crippen LogP contribution in [0.4, 0.5) is 5.69 Å². The van der Waals surface area contributed by atoms with Crippen LogP contribution in [0.15, 0.2) is 29.1 Å². The molecule has 0 atom stereocenters. The molecule has 3 rings (SSSR count). The lowest BCUT2D eigenvalue weighted by Crippen LogP contribution is -2.20. The molecule has 100 valence electrons. The number of anilines is 1. The molecule has 0 radical (unpaired) electrons. The molecule has 0 bridgehead atoms. The summed E-state index contributed by atoms with van der Waals surface area (Å²) in [6.45, 7) is 2.80.